The number of carbonyl (C=O) groups is 1. The number of rotatable bonds is 3. The third kappa shape index (κ3) is 3.11. The van der Waals surface area contributed by atoms with Crippen molar-refractivity contribution in [2.24, 2.45) is 16.3 Å². The SMILES string of the molecule is COc1ccc([C@H]2C(=C=N)C(=S)N=C3CC(C)(C)CC(=O)C32)cc1OC. The molecule has 0 aromatic heterocycles. The van der Waals surface area contributed by atoms with E-state index < -0.39 is 5.92 Å². The van der Waals surface area contributed by atoms with Crippen LogP contribution in [-0.4, -0.2) is 36.6 Å². The number of methoxy groups -OCH3 is 2. The van der Waals surface area contributed by atoms with Gasteiger partial charge in [0, 0.05) is 18.1 Å². The second-order valence-corrected chi connectivity index (χ2v) is 7.89. The number of fused-ring (bicyclic) bond motifs is 1. The maximum Gasteiger partial charge on any atom is 0.161 e. The molecule has 1 aliphatic heterocycles. The lowest BCUT2D eigenvalue weighted by Gasteiger charge is -2.40. The lowest BCUT2D eigenvalue weighted by molar-refractivity contribution is -0.124. The van der Waals surface area contributed by atoms with Crippen LogP contribution in [0.3, 0.4) is 0 Å². The van der Waals surface area contributed by atoms with E-state index in [2.05, 4.69) is 24.7 Å². The summed E-state index contributed by atoms with van der Waals surface area (Å²) in [7, 11) is 3.15. The van der Waals surface area contributed by atoms with E-state index in [9.17, 15) is 4.79 Å². The molecule has 26 heavy (non-hydrogen) atoms. The molecule has 3 rings (SSSR count). The Hall–Kier alpha value is -2.30. The highest BCUT2D eigenvalue weighted by Crippen LogP contribution is 2.46. The molecule has 0 spiro atoms. The predicted molar refractivity (Wildman–Crippen MR) is 105 cm³/mol. The Kier molecular flexibility index (Phi) is 4.82. The van der Waals surface area contributed by atoms with E-state index in [4.69, 9.17) is 27.1 Å². The van der Waals surface area contributed by atoms with E-state index in [0.717, 1.165) is 17.7 Å². The van der Waals surface area contributed by atoms with Gasteiger partial charge in [0.1, 0.15) is 10.8 Å². The lowest BCUT2D eigenvalue weighted by Crippen LogP contribution is -2.44. The first-order chi connectivity index (χ1) is 12.3. The summed E-state index contributed by atoms with van der Waals surface area (Å²) in [5.41, 5.74) is 2.02. The molecule has 1 N–H and O–H groups in total. The number of benzene rings is 1. The molecule has 1 aromatic rings. The summed E-state index contributed by atoms with van der Waals surface area (Å²) in [5, 5.41) is 7.72. The number of carbonyl (C=O) groups excluding carboxylic acids is 1. The number of ketones is 1. The minimum atomic E-state index is -0.402. The van der Waals surface area contributed by atoms with Crippen molar-refractivity contribution in [1.82, 2.24) is 0 Å². The van der Waals surface area contributed by atoms with Gasteiger partial charge in [0.15, 0.2) is 11.5 Å². The Morgan fingerprint density at radius 1 is 1.19 bits per heavy atom. The summed E-state index contributed by atoms with van der Waals surface area (Å²) < 4.78 is 10.7. The normalized spacial score (nSPS) is 24.5. The van der Waals surface area contributed by atoms with E-state index in [0.29, 0.717) is 28.5 Å². The third-order valence-corrected chi connectivity index (χ3v) is 5.35. The molecule has 136 valence electrons. The molecule has 0 saturated heterocycles. The van der Waals surface area contributed by atoms with Gasteiger partial charge >= 0.3 is 0 Å². The Morgan fingerprint density at radius 3 is 2.50 bits per heavy atom. The van der Waals surface area contributed by atoms with Crippen LogP contribution in [0.1, 0.15) is 38.2 Å². The Morgan fingerprint density at radius 2 is 1.88 bits per heavy atom. The van der Waals surface area contributed by atoms with Crippen molar-refractivity contribution in [3.8, 4) is 11.5 Å². The predicted octanol–water partition coefficient (Wildman–Crippen LogP) is 3.75. The average Bonchev–Trinajstić information content (AvgIpc) is 2.58. The molecule has 1 unspecified atom stereocenters. The maximum absolute atomic E-state index is 13.0. The van der Waals surface area contributed by atoms with E-state index in [1.54, 1.807) is 20.3 Å². The van der Waals surface area contributed by atoms with Gasteiger partial charge in [-0.2, -0.15) is 0 Å². The van der Waals surface area contributed by atoms with Gasteiger partial charge in [-0.1, -0.05) is 32.1 Å². The van der Waals surface area contributed by atoms with E-state index >= 15 is 0 Å². The second kappa shape index (κ2) is 6.78. The Balaban J connectivity index is 2.15. The van der Waals surface area contributed by atoms with Crippen molar-refractivity contribution >= 4 is 34.6 Å². The zero-order valence-corrected chi connectivity index (χ0v) is 16.2. The number of thiocarbonyl (C=S) groups is 1. The second-order valence-electron chi connectivity index (χ2n) is 7.50. The maximum atomic E-state index is 13.0. The fourth-order valence-electron chi connectivity index (χ4n) is 3.94. The summed E-state index contributed by atoms with van der Waals surface area (Å²) in [6.45, 7) is 4.14. The van der Waals surface area contributed by atoms with Gasteiger partial charge in [0.25, 0.3) is 0 Å². The Bertz CT molecular complexity index is 866. The molecule has 2 aliphatic rings. The largest absolute Gasteiger partial charge is 0.493 e. The molecular formula is C20H22N2O3S. The molecule has 0 radical (unpaired) electrons. The zero-order valence-electron chi connectivity index (χ0n) is 15.4. The Labute approximate surface area is 158 Å². The molecule has 1 aliphatic carbocycles. The van der Waals surface area contributed by atoms with Gasteiger partial charge in [-0.25, -0.2) is 4.99 Å². The summed E-state index contributed by atoms with van der Waals surface area (Å²) in [6, 6.07) is 5.54. The fourth-order valence-corrected chi connectivity index (χ4v) is 4.24. The molecule has 5 nitrogen and oxygen atoms in total. The van der Waals surface area contributed by atoms with Crippen molar-refractivity contribution in [3.05, 3.63) is 29.3 Å². The van der Waals surface area contributed by atoms with Crippen LogP contribution in [0, 0.1) is 16.7 Å². The topological polar surface area (TPSA) is 71.7 Å². The summed E-state index contributed by atoms with van der Waals surface area (Å²) in [6.07, 6.45) is 1.21. The van der Waals surface area contributed by atoms with Crippen LogP contribution in [0.15, 0.2) is 28.8 Å². The summed E-state index contributed by atoms with van der Waals surface area (Å²) in [4.78, 5) is 17.8. The fraction of sp³-hybridized carbons (Fsp3) is 0.450. The first kappa shape index (κ1) is 18.5. The van der Waals surface area contributed by atoms with Crippen LogP contribution < -0.4 is 9.47 Å². The van der Waals surface area contributed by atoms with Crippen LogP contribution >= 0.6 is 12.2 Å². The van der Waals surface area contributed by atoms with Crippen LogP contribution in [0.25, 0.3) is 0 Å². The number of ether oxygens (including phenoxy) is 2. The van der Waals surface area contributed by atoms with Crippen molar-refractivity contribution in [2.45, 2.75) is 32.6 Å². The molecule has 0 bridgehead atoms. The number of Topliss-reactive ketones (excluding diaryl/α,β-unsaturated/α-hetero) is 1. The van der Waals surface area contributed by atoms with Crippen molar-refractivity contribution < 1.29 is 14.3 Å². The highest BCUT2D eigenvalue weighted by atomic mass is 32.1. The number of nitrogens with one attached hydrogen (secondary N) is 1. The van der Waals surface area contributed by atoms with Gasteiger partial charge in [0.05, 0.1) is 25.7 Å². The van der Waals surface area contributed by atoms with Crippen molar-refractivity contribution in [2.75, 3.05) is 14.2 Å². The van der Waals surface area contributed by atoms with E-state index in [-0.39, 0.29) is 17.1 Å². The number of hydrogen-bond donors (Lipinski definition) is 1. The first-order valence-corrected chi connectivity index (χ1v) is 8.88. The molecule has 2 atom stereocenters. The summed E-state index contributed by atoms with van der Waals surface area (Å²) in [5.74, 6) is 2.99. The van der Waals surface area contributed by atoms with Crippen LogP contribution in [0.5, 0.6) is 11.5 Å². The van der Waals surface area contributed by atoms with Gasteiger partial charge in [0.2, 0.25) is 0 Å². The summed E-state index contributed by atoms with van der Waals surface area (Å²) >= 11 is 5.42. The highest BCUT2D eigenvalue weighted by Gasteiger charge is 2.47. The van der Waals surface area contributed by atoms with Crippen LogP contribution in [0.2, 0.25) is 0 Å². The molecule has 1 saturated carbocycles. The van der Waals surface area contributed by atoms with Gasteiger partial charge in [-0.15, -0.1) is 0 Å². The monoisotopic (exact) mass is 370 g/mol. The number of aliphatic imine (C=N–C) groups is 1. The third-order valence-electron chi connectivity index (χ3n) is 5.04. The van der Waals surface area contributed by atoms with Crippen LogP contribution in [0.4, 0.5) is 0 Å². The van der Waals surface area contributed by atoms with Gasteiger partial charge in [-0.3, -0.25) is 10.2 Å². The first-order valence-electron chi connectivity index (χ1n) is 8.47. The molecule has 1 heterocycles. The molecule has 1 aromatic carbocycles. The highest BCUT2D eigenvalue weighted by molar-refractivity contribution is 7.80. The zero-order chi connectivity index (χ0) is 19.1. The molecule has 0 amide bonds. The minimum absolute atomic E-state index is 0.129. The van der Waals surface area contributed by atoms with Gasteiger partial charge < -0.3 is 9.47 Å². The van der Waals surface area contributed by atoms with E-state index in [1.807, 2.05) is 12.1 Å². The number of nitrogens with zero attached hydrogens (tertiary/aromatic N) is 1. The minimum Gasteiger partial charge on any atom is -0.493 e. The number of hydrogen-bond acceptors (Lipinski definition) is 5. The smallest absolute Gasteiger partial charge is 0.161 e. The van der Waals surface area contributed by atoms with Crippen LogP contribution in [-0.2, 0) is 4.79 Å². The van der Waals surface area contributed by atoms with Crippen molar-refractivity contribution in [1.29, 1.82) is 5.41 Å². The van der Waals surface area contributed by atoms with E-state index in [1.165, 1.54) is 0 Å². The average molecular weight is 370 g/mol. The molecule has 1 fully saturated rings. The standard InChI is InChI=1S/C20H22N2O3S/c1-20(2)8-13-18(14(23)9-20)17(12(10-21)19(26)22-13)11-5-6-15(24-3)16(7-11)25-4/h5-7,17-18,21H,8-9H2,1-4H3/t17-,18?/m0/s1. The quantitative estimate of drug-likeness (QED) is 0.500. The lowest BCUT2D eigenvalue weighted by atomic mass is 9.63. The molecular weight excluding hydrogens is 348 g/mol. The molecule has 6 heteroatoms. The van der Waals surface area contributed by atoms with Gasteiger partial charge in [-0.05, 0) is 35.4 Å². The van der Waals surface area contributed by atoms with Crippen molar-refractivity contribution in [3.63, 3.8) is 0 Å².